The first-order valence-electron chi connectivity index (χ1n) is 9.51. The number of methoxy groups -OCH3 is 2. The molecular formula is C22H23N3O5S. The molecule has 0 aliphatic carbocycles. The van der Waals surface area contributed by atoms with E-state index in [1.54, 1.807) is 54.5 Å². The summed E-state index contributed by atoms with van der Waals surface area (Å²) in [6, 6.07) is 13.9. The number of benzene rings is 2. The molecule has 0 radical (unpaired) electrons. The molecule has 3 N–H and O–H groups in total. The van der Waals surface area contributed by atoms with Crippen molar-refractivity contribution in [2.24, 2.45) is 0 Å². The van der Waals surface area contributed by atoms with Crippen LogP contribution in [0.1, 0.15) is 15.9 Å². The zero-order valence-corrected chi connectivity index (χ0v) is 18.0. The molecule has 0 saturated carbocycles. The van der Waals surface area contributed by atoms with Crippen LogP contribution in [-0.2, 0) is 11.3 Å². The number of para-hydroxylation sites is 1. The Balaban J connectivity index is 1.88. The van der Waals surface area contributed by atoms with Gasteiger partial charge in [-0.15, -0.1) is 0 Å². The predicted octanol–water partition coefficient (Wildman–Crippen LogP) is 2.51. The van der Waals surface area contributed by atoms with Crippen LogP contribution < -0.4 is 15.6 Å². The van der Waals surface area contributed by atoms with Gasteiger partial charge in [-0.3, -0.25) is 4.79 Å². The van der Waals surface area contributed by atoms with Crippen molar-refractivity contribution in [2.75, 3.05) is 32.7 Å². The average Bonchev–Trinajstić information content (AvgIpc) is 2.78. The van der Waals surface area contributed by atoms with Gasteiger partial charge in [-0.1, -0.05) is 12.1 Å². The topological polar surface area (TPSA) is 104 Å². The van der Waals surface area contributed by atoms with Crippen molar-refractivity contribution >= 4 is 39.9 Å². The van der Waals surface area contributed by atoms with Gasteiger partial charge in [0.25, 0.3) is 5.56 Å². The number of nitrogens with one attached hydrogen (secondary N) is 2. The summed E-state index contributed by atoms with van der Waals surface area (Å²) >= 11 is 5.50. The van der Waals surface area contributed by atoms with E-state index in [2.05, 4.69) is 10.3 Å². The van der Waals surface area contributed by atoms with Gasteiger partial charge >= 0.3 is 5.97 Å². The van der Waals surface area contributed by atoms with Gasteiger partial charge in [0.05, 0.1) is 38.6 Å². The zero-order chi connectivity index (χ0) is 22.4. The predicted molar refractivity (Wildman–Crippen MR) is 123 cm³/mol. The third-order valence-corrected chi connectivity index (χ3v) is 5.08. The molecule has 162 valence electrons. The fourth-order valence-corrected chi connectivity index (χ4v) is 3.39. The number of carbonyl (C=O) groups excluding carboxylic acids is 1. The fourth-order valence-electron chi connectivity index (χ4n) is 3.13. The zero-order valence-electron chi connectivity index (χ0n) is 17.2. The summed E-state index contributed by atoms with van der Waals surface area (Å²) in [5.41, 5.74) is 1.71. The van der Waals surface area contributed by atoms with Crippen LogP contribution in [0.3, 0.4) is 0 Å². The Hall–Kier alpha value is -3.43. The van der Waals surface area contributed by atoms with Gasteiger partial charge in [0.1, 0.15) is 5.75 Å². The molecule has 8 nitrogen and oxygen atoms in total. The third-order valence-electron chi connectivity index (χ3n) is 4.72. The number of H-pyrrole nitrogens is 1. The van der Waals surface area contributed by atoms with Crippen LogP contribution in [-0.4, -0.2) is 53.4 Å². The molecule has 3 aromatic rings. The molecule has 0 saturated heterocycles. The van der Waals surface area contributed by atoms with E-state index in [0.717, 1.165) is 5.39 Å². The molecule has 0 unspecified atom stereocenters. The van der Waals surface area contributed by atoms with Crippen molar-refractivity contribution in [3.05, 3.63) is 70.0 Å². The number of nitrogens with zero attached hydrogens (tertiary/aromatic N) is 1. The van der Waals surface area contributed by atoms with E-state index in [1.807, 2.05) is 6.07 Å². The number of hydrogen-bond acceptors (Lipinski definition) is 6. The highest BCUT2D eigenvalue weighted by Gasteiger charge is 2.17. The highest BCUT2D eigenvalue weighted by molar-refractivity contribution is 7.80. The standard InChI is InChI=1S/C22H23N3O5S/c1-29-16-7-8-18-14(12-16)11-15(20(27)23-18)13-25(9-10-26)22(31)24-19-6-4-3-5-17(19)21(28)30-2/h3-8,11-12,26H,9-10,13H2,1-2H3,(H,23,27)(H,24,31). The van der Waals surface area contributed by atoms with E-state index in [4.69, 9.17) is 21.7 Å². The SMILES string of the molecule is COC(=O)c1ccccc1NC(=S)N(CCO)Cc1cc2cc(OC)ccc2[nH]c1=O. The number of esters is 1. The van der Waals surface area contributed by atoms with Crippen molar-refractivity contribution in [2.45, 2.75) is 6.54 Å². The first kappa shape index (κ1) is 22.3. The molecule has 3 rings (SSSR count). The maximum Gasteiger partial charge on any atom is 0.339 e. The molecule has 1 aromatic heterocycles. The number of pyridine rings is 1. The summed E-state index contributed by atoms with van der Waals surface area (Å²) in [5, 5.41) is 13.6. The van der Waals surface area contributed by atoms with Crippen molar-refractivity contribution in [3.8, 4) is 5.75 Å². The van der Waals surface area contributed by atoms with Crippen LogP contribution >= 0.6 is 12.2 Å². The molecule has 0 spiro atoms. The minimum absolute atomic E-state index is 0.162. The van der Waals surface area contributed by atoms with Gasteiger partial charge in [0.15, 0.2) is 5.11 Å². The lowest BCUT2D eigenvalue weighted by atomic mass is 10.1. The summed E-state index contributed by atoms with van der Waals surface area (Å²) in [4.78, 5) is 29.1. The normalized spacial score (nSPS) is 10.5. The summed E-state index contributed by atoms with van der Waals surface area (Å²) in [7, 11) is 2.88. The summed E-state index contributed by atoms with van der Waals surface area (Å²) in [6.07, 6.45) is 0. The lowest BCUT2D eigenvalue weighted by molar-refractivity contribution is 0.0602. The Kier molecular flexibility index (Phi) is 7.22. The minimum atomic E-state index is -0.500. The van der Waals surface area contributed by atoms with E-state index < -0.39 is 5.97 Å². The maximum atomic E-state index is 12.6. The molecular weight excluding hydrogens is 418 g/mol. The number of ether oxygens (including phenoxy) is 2. The van der Waals surface area contributed by atoms with Crippen LogP contribution in [0.15, 0.2) is 53.3 Å². The Morgan fingerprint density at radius 1 is 1.19 bits per heavy atom. The Labute approximate surface area is 184 Å². The summed E-state index contributed by atoms with van der Waals surface area (Å²) in [6.45, 7) is 0.191. The average molecular weight is 442 g/mol. The highest BCUT2D eigenvalue weighted by Crippen LogP contribution is 2.20. The Morgan fingerprint density at radius 3 is 2.68 bits per heavy atom. The van der Waals surface area contributed by atoms with Crippen LogP contribution in [0.4, 0.5) is 5.69 Å². The smallest absolute Gasteiger partial charge is 0.339 e. The molecule has 2 aromatic carbocycles. The van der Waals surface area contributed by atoms with E-state index >= 15 is 0 Å². The lowest BCUT2D eigenvalue weighted by Gasteiger charge is -2.25. The van der Waals surface area contributed by atoms with Crippen LogP contribution in [0, 0.1) is 0 Å². The van der Waals surface area contributed by atoms with Gasteiger partial charge in [0, 0.05) is 23.0 Å². The van der Waals surface area contributed by atoms with Crippen LogP contribution in [0.25, 0.3) is 10.9 Å². The Morgan fingerprint density at radius 2 is 1.97 bits per heavy atom. The van der Waals surface area contributed by atoms with Gasteiger partial charge in [-0.25, -0.2) is 4.79 Å². The van der Waals surface area contributed by atoms with Gasteiger partial charge < -0.3 is 29.8 Å². The molecule has 1 heterocycles. The second-order valence-electron chi connectivity index (χ2n) is 6.69. The molecule has 0 aliphatic heterocycles. The van der Waals surface area contributed by atoms with Gasteiger partial charge in [0.2, 0.25) is 0 Å². The third kappa shape index (κ3) is 5.19. The van der Waals surface area contributed by atoms with Crippen molar-refractivity contribution in [3.63, 3.8) is 0 Å². The second kappa shape index (κ2) is 10.1. The van der Waals surface area contributed by atoms with E-state index in [9.17, 15) is 14.7 Å². The van der Waals surface area contributed by atoms with E-state index in [0.29, 0.717) is 28.1 Å². The van der Waals surface area contributed by atoms with Crippen LogP contribution in [0.5, 0.6) is 5.75 Å². The fraction of sp³-hybridized carbons (Fsp3) is 0.227. The molecule has 0 aliphatic rings. The number of aromatic amines is 1. The largest absolute Gasteiger partial charge is 0.497 e. The van der Waals surface area contributed by atoms with Crippen molar-refractivity contribution in [1.29, 1.82) is 0 Å². The number of fused-ring (bicyclic) bond motifs is 1. The van der Waals surface area contributed by atoms with Gasteiger partial charge in [-0.2, -0.15) is 0 Å². The lowest BCUT2D eigenvalue weighted by Crippen LogP contribution is -2.38. The number of carbonyl (C=O) groups is 1. The quantitative estimate of drug-likeness (QED) is 0.380. The molecule has 9 heteroatoms. The molecule has 0 bridgehead atoms. The van der Waals surface area contributed by atoms with E-state index in [-0.39, 0.29) is 30.4 Å². The highest BCUT2D eigenvalue weighted by atomic mass is 32.1. The molecule has 0 amide bonds. The number of aliphatic hydroxyl groups excluding tert-OH is 1. The molecule has 0 fully saturated rings. The second-order valence-corrected chi connectivity index (χ2v) is 7.08. The van der Waals surface area contributed by atoms with Crippen LogP contribution in [0.2, 0.25) is 0 Å². The molecule has 31 heavy (non-hydrogen) atoms. The number of hydrogen-bond donors (Lipinski definition) is 3. The summed E-state index contributed by atoms with van der Waals surface area (Å²) in [5.74, 6) is 0.175. The number of aliphatic hydroxyl groups is 1. The summed E-state index contributed by atoms with van der Waals surface area (Å²) < 4.78 is 10.1. The number of aromatic nitrogens is 1. The number of thiocarbonyl (C=S) groups is 1. The number of anilines is 1. The minimum Gasteiger partial charge on any atom is -0.497 e. The Bertz CT molecular complexity index is 1160. The monoisotopic (exact) mass is 441 g/mol. The van der Waals surface area contributed by atoms with Crippen molar-refractivity contribution in [1.82, 2.24) is 9.88 Å². The van der Waals surface area contributed by atoms with E-state index in [1.165, 1.54) is 7.11 Å². The van der Waals surface area contributed by atoms with Gasteiger partial charge in [-0.05, 0) is 48.6 Å². The first-order valence-corrected chi connectivity index (χ1v) is 9.91. The maximum absolute atomic E-state index is 12.6. The molecule has 0 atom stereocenters. The first-order chi connectivity index (χ1) is 15.0. The van der Waals surface area contributed by atoms with Crippen molar-refractivity contribution < 1.29 is 19.4 Å². The number of rotatable bonds is 7.